The van der Waals surface area contributed by atoms with Gasteiger partial charge in [0.25, 0.3) is 0 Å². The molecule has 15 heavy (non-hydrogen) atoms. The van der Waals surface area contributed by atoms with Crippen molar-refractivity contribution in [3.8, 4) is 11.1 Å². The lowest BCUT2D eigenvalue weighted by atomic mass is 10.1. The molecule has 2 rings (SSSR count). The van der Waals surface area contributed by atoms with E-state index in [9.17, 15) is 0 Å². The predicted molar refractivity (Wildman–Crippen MR) is 64.7 cm³/mol. The third-order valence-electron chi connectivity index (χ3n) is 1.95. The topological polar surface area (TPSA) is 12.9 Å². The number of hydrogen-bond acceptors (Lipinski definition) is 1. The van der Waals surface area contributed by atoms with E-state index in [0.717, 1.165) is 11.1 Å². The fourth-order valence-electron chi connectivity index (χ4n) is 1.32. The van der Waals surface area contributed by atoms with Gasteiger partial charge in [-0.1, -0.05) is 53.0 Å². The van der Waals surface area contributed by atoms with E-state index in [4.69, 9.17) is 34.8 Å². The molecule has 0 unspecified atom stereocenters. The van der Waals surface area contributed by atoms with Gasteiger partial charge in [-0.2, -0.15) is 0 Å². The molecule has 0 amide bonds. The molecule has 0 aliphatic heterocycles. The summed E-state index contributed by atoms with van der Waals surface area (Å²) in [5, 5.41) is 1.38. The highest BCUT2D eigenvalue weighted by Crippen LogP contribution is 2.30. The number of aromatic nitrogens is 1. The molecule has 0 aliphatic rings. The highest BCUT2D eigenvalue weighted by Gasteiger charge is 2.05. The molecule has 0 radical (unpaired) electrons. The molecule has 1 nitrogen and oxygen atoms in total. The highest BCUT2D eigenvalue weighted by atomic mass is 35.5. The van der Waals surface area contributed by atoms with E-state index >= 15 is 0 Å². The minimum absolute atomic E-state index is 0.359. The number of hydrogen-bond donors (Lipinski definition) is 0. The van der Waals surface area contributed by atoms with E-state index in [0.29, 0.717) is 15.3 Å². The van der Waals surface area contributed by atoms with Gasteiger partial charge in [0, 0.05) is 10.6 Å². The lowest BCUT2D eigenvalue weighted by Crippen LogP contribution is -1.83. The van der Waals surface area contributed by atoms with Gasteiger partial charge in [-0.05, 0) is 23.8 Å². The molecule has 1 aromatic heterocycles. The molecule has 0 bridgehead atoms. The molecule has 1 heterocycles. The van der Waals surface area contributed by atoms with Crippen LogP contribution in [0.1, 0.15) is 0 Å². The smallest absolute Gasteiger partial charge is 0.131 e. The maximum atomic E-state index is 6.06. The zero-order valence-corrected chi connectivity index (χ0v) is 9.81. The Morgan fingerprint density at radius 2 is 1.47 bits per heavy atom. The van der Waals surface area contributed by atoms with Crippen LogP contribution in [-0.2, 0) is 0 Å². The first-order valence-corrected chi connectivity index (χ1v) is 5.38. The van der Waals surface area contributed by atoms with E-state index in [1.807, 2.05) is 24.3 Å². The van der Waals surface area contributed by atoms with Crippen LogP contribution in [0.15, 0.2) is 36.4 Å². The van der Waals surface area contributed by atoms with Crippen LogP contribution < -0.4 is 0 Å². The minimum Gasteiger partial charge on any atom is -0.224 e. The van der Waals surface area contributed by atoms with Gasteiger partial charge in [0.1, 0.15) is 10.3 Å². The third kappa shape index (κ3) is 2.43. The highest BCUT2D eigenvalue weighted by molar-refractivity contribution is 6.34. The summed E-state index contributed by atoms with van der Waals surface area (Å²) >= 11 is 17.7. The third-order valence-corrected chi connectivity index (χ3v) is 2.66. The van der Waals surface area contributed by atoms with Gasteiger partial charge in [0.2, 0.25) is 0 Å². The van der Waals surface area contributed by atoms with Gasteiger partial charge in [-0.15, -0.1) is 0 Å². The summed E-state index contributed by atoms with van der Waals surface area (Å²) in [5.41, 5.74) is 1.76. The first-order chi connectivity index (χ1) is 7.16. The molecule has 0 N–H and O–H groups in total. The van der Waals surface area contributed by atoms with Gasteiger partial charge in [0.05, 0.1) is 0 Å². The van der Waals surface area contributed by atoms with Crippen molar-refractivity contribution >= 4 is 34.8 Å². The second kappa shape index (κ2) is 4.40. The van der Waals surface area contributed by atoms with Crippen LogP contribution in [-0.4, -0.2) is 4.98 Å². The van der Waals surface area contributed by atoms with Crippen LogP contribution in [0.5, 0.6) is 0 Å². The normalized spacial score (nSPS) is 10.3. The Balaban J connectivity index is 2.59. The van der Waals surface area contributed by atoms with Crippen molar-refractivity contribution in [2.24, 2.45) is 0 Å². The second-order valence-corrected chi connectivity index (χ2v) is 4.16. The first kappa shape index (κ1) is 10.7. The molecule has 0 saturated carbocycles. The molecule has 4 heteroatoms. The Labute approximate surface area is 103 Å². The molecule has 0 saturated heterocycles. The standard InChI is InChI=1S/C11H6Cl3N/c12-9-4-2-1-3-8(9)7-5-10(13)15-11(14)6-7/h1-6H. The molecule has 0 atom stereocenters. The molecule has 0 aliphatic carbocycles. The molecular weight excluding hydrogens is 252 g/mol. The SMILES string of the molecule is Clc1cc(-c2ccccc2Cl)cc(Cl)n1. The van der Waals surface area contributed by atoms with Crippen molar-refractivity contribution in [2.45, 2.75) is 0 Å². The predicted octanol–water partition coefficient (Wildman–Crippen LogP) is 4.71. The van der Waals surface area contributed by atoms with E-state index in [1.54, 1.807) is 12.1 Å². The molecule has 0 fully saturated rings. The summed E-state index contributed by atoms with van der Waals surface area (Å²) in [6.45, 7) is 0. The Morgan fingerprint density at radius 1 is 0.867 bits per heavy atom. The lowest BCUT2D eigenvalue weighted by Gasteiger charge is -2.04. The van der Waals surface area contributed by atoms with Crippen molar-refractivity contribution < 1.29 is 0 Å². The van der Waals surface area contributed by atoms with E-state index < -0.39 is 0 Å². The summed E-state index contributed by atoms with van der Waals surface area (Å²) in [5.74, 6) is 0. The van der Waals surface area contributed by atoms with Crippen molar-refractivity contribution in [1.29, 1.82) is 0 Å². The van der Waals surface area contributed by atoms with Gasteiger partial charge in [-0.25, -0.2) is 4.98 Å². The van der Waals surface area contributed by atoms with Crippen LogP contribution in [0.4, 0.5) is 0 Å². The quantitative estimate of drug-likeness (QED) is 0.675. The fraction of sp³-hybridized carbons (Fsp3) is 0. The Kier molecular flexibility index (Phi) is 3.15. The monoisotopic (exact) mass is 257 g/mol. The molecule has 1 aromatic carbocycles. The van der Waals surface area contributed by atoms with Crippen LogP contribution in [0.3, 0.4) is 0 Å². The van der Waals surface area contributed by atoms with Gasteiger partial charge in [0.15, 0.2) is 0 Å². The average molecular weight is 259 g/mol. The summed E-state index contributed by atoms with van der Waals surface area (Å²) in [7, 11) is 0. The van der Waals surface area contributed by atoms with E-state index in [2.05, 4.69) is 4.98 Å². The number of halogens is 3. The summed E-state index contributed by atoms with van der Waals surface area (Å²) in [6.07, 6.45) is 0. The summed E-state index contributed by atoms with van der Waals surface area (Å²) in [4.78, 5) is 3.88. The zero-order valence-electron chi connectivity index (χ0n) is 7.55. The Morgan fingerprint density at radius 3 is 2.07 bits per heavy atom. The molecule has 2 aromatic rings. The van der Waals surface area contributed by atoms with Crippen molar-refractivity contribution in [2.75, 3.05) is 0 Å². The maximum absolute atomic E-state index is 6.06. The van der Waals surface area contributed by atoms with E-state index in [-0.39, 0.29) is 0 Å². The first-order valence-electron chi connectivity index (χ1n) is 4.25. The second-order valence-electron chi connectivity index (χ2n) is 2.98. The average Bonchev–Trinajstić information content (AvgIpc) is 2.16. The van der Waals surface area contributed by atoms with Crippen LogP contribution in [0, 0.1) is 0 Å². The van der Waals surface area contributed by atoms with Crippen LogP contribution in [0.25, 0.3) is 11.1 Å². The van der Waals surface area contributed by atoms with Gasteiger partial charge in [-0.3, -0.25) is 0 Å². The van der Waals surface area contributed by atoms with Crippen molar-refractivity contribution in [3.05, 3.63) is 51.7 Å². The molecule has 76 valence electrons. The molecular formula is C11H6Cl3N. The Hall–Kier alpha value is -0.760. The number of rotatable bonds is 1. The number of pyridine rings is 1. The number of nitrogens with zero attached hydrogens (tertiary/aromatic N) is 1. The van der Waals surface area contributed by atoms with Crippen molar-refractivity contribution in [1.82, 2.24) is 4.98 Å². The van der Waals surface area contributed by atoms with Gasteiger partial charge < -0.3 is 0 Å². The number of benzene rings is 1. The zero-order chi connectivity index (χ0) is 10.8. The van der Waals surface area contributed by atoms with E-state index in [1.165, 1.54) is 0 Å². The minimum atomic E-state index is 0.359. The molecule has 0 spiro atoms. The summed E-state index contributed by atoms with van der Waals surface area (Å²) in [6, 6.07) is 11.0. The lowest BCUT2D eigenvalue weighted by molar-refractivity contribution is 1.33. The van der Waals surface area contributed by atoms with Gasteiger partial charge >= 0.3 is 0 Å². The summed E-state index contributed by atoms with van der Waals surface area (Å²) < 4.78 is 0. The Bertz CT molecular complexity index is 477. The van der Waals surface area contributed by atoms with Crippen molar-refractivity contribution in [3.63, 3.8) is 0 Å². The largest absolute Gasteiger partial charge is 0.224 e. The van der Waals surface area contributed by atoms with Crippen LogP contribution >= 0.6 is 34.8 Å². The fourth-order valence-corrected chi connectivity index (χ4v) is 2.02. The van der Waals surface area contributed by atoms with Crippen LogP contribution in [0.2, 0.25) is 15.3 Å². The maximum Gasteiger partial charge on any atom is 0.131 e.